The van der Waals surface area contributed by atoms with E-state index in [4.69, 9.17) is 0 Å². The SMILES string of the molecule is CCc1ccc(F)c(/C=N/[S@+]([O-])C(C)(C)C)c1. The lowest BCUT2D eigenvalue weighted by Crippen LogP contribution is -2.25. The van der Waals surface area contributed by atoms with Crippen molar-refractivity contribution in [1.29, 1.82) is 0 Å². The number of benzene rings is 1. The number of nitrogens with zero attached hydrogens (tertiary/aromatic N) is 1. The largest absolute Gasteiger partial charge is 0.591 e. The molecule has 0 amide bonds. The highest BCUT2D eigenvalue weighted by molar-refractivity contribution is 7.91. The Labute approximate surface area is 105 Å². The molecule has 17 heavy (non-hydrogen) atoms. The van der Waals surface area contributed by atoms with Crippen LogP contribution in [0.25, 0.3) is 0 Å². The molecular weight excluding hydrogens is 237 g/mol. The minimum absolute atomic E-state index is 0.336. The van der Waals surface area contributed by atoms with Crippen LogP contribution in [0.2, 0.25) is 0 Å². The van der Waals surface area contributed by atoms with Gasteiger partial charge in [0.15, 0.2) is 0 Å². The number of rotatable bonds is 3. The zero-order valence-electron chi connectivity index (χ0n) is 10.7. The lowest BCUT2D eigenvalue weighted by Gasteiger charge is -2.17. The molecule has 0 heterocycles. The van der Waals surface area contributed by atoms with E-state index in [1.165, 1.54) is 12.3 Å². The molecule has 1 atom stereocenters. The van der Waals surface area contributed by atoms with Crippen LogP contribution in [0.5, 0.6) is 0 Å². The van der Waals surface area contributed by atoms with E-state index < -0.39 is 16.1 Å². The van der Waals surface area contributed by atoms with Crippen molar-refractivity contribution < 1.29 is 8.94 Å². The van der Waals surface area contributed by atoms with Crippen LogP contribution in [0, 0.1) is 5.82 Å². The monoisotopic (exact) mass is 255 g/mol. The van der Waals surface area contributed by atoms with Crippen molar-refractivity contribution in [2.75, 3.05) is 0 Å². The second-order valence-electron chi connectivity index (χ2n) is 4.81. The van der Waals surface area contributed by atoms with Gasteiger partial charge in [0, 0.05) is 5.56 Å². The summed E-state index contributed by atoms with van der Waals surface area (Å²) in [6, 6.07) is 4.90. The fraction of sp³-hybridized carbons (Fsp3) is 0.462. The first-order chi connectivity index (χ1) is 7.84. The highest BCUT2D eigenvalue weighted by Gasteiger charge is 2.25. The van der Waals surface area contributed by atoms with Gasteiger partial charge in [0.05, 0.1) is 6.21 Å². The topological polar surface area (TPSA) is 35.4 Å². The van der Waals surface area contributed by atoms with E-state index in [0.717, 1.165) is 12.0 Å². The van der Waals surface area contributed by atoms with Gasteiger partial charge in [-0.25, -0.2) is 4.39 Å². The second kappa shape index (κ2) is 5.65. The summed E-state index contributed by atoms with van der Waals surface area (Å²) in [5.41, 5.74) is 1.43. The van der Waals surface area contributed by atoms with Crippen LogP contribution in [0.4, 0.5) is 4.39 Å². The molecule has 0 bridgehead atoms. The van der Waals surface area contributed by atoms with E-state index >= 15 is 0 Å². The van der Waals surface area contributed by atoms with Gasteiger partial charge in [0.2, 0.25) is 0 Å². The van der Waals surface area contributed by atoms with Gasteiger partial charge in [0.25, 0.3) is 0 Å². The van der Waals surface area contributed by atoms with E-state index in [-0.39, 0.29) is 5.82 Å². The predicted molar refractivity (Wildman–Crippen MR) is 71.3 cm³/mol. The van der Waals surface area contributed by atoms with E-state index in [1.54, 1.807) is 12.1 Å². The molecule has 0 fully saturated rings. The van der Waals surface area contributed by atoms with Crippen LogP contribution in [-0.2, 0) is 17.8 Å². The smallest absolute Gasteiger partial charge is 0.144 e. The molecule has 0 aliphatic rings. The summed E-state index contributed by atoms with van der Waals surface area (Å²) >= 11 is -1.35. The first kappa shape index (κ1) is 14.2. The van der Waals surface area contributed by atoms with Crippen LogP contribution in [0.15, 0.2) is 22.6 Å². The standard InChI is InChI=1S/C13H18FNOS/c1-5-10-6-7-12(14)11(8-10)9-15-17(16)13(2,3)4/h6-9H,5H2,1-4H3/b15-9+/t17-/m1/s1. The Morgan fingerprint density at radius 1 is 1.41 bits per heavy atom. The van der Waals surface area contributed by atoms with Crippen molar-refractivity contribution in [1.82, 2.24) is 0 Å². The molecule has 0 saturated heterocycles. The van der Waals surface area contributed by atoms with E-state index in [9.17, 15) is 8.94 Å². The van der Waals surface area contributed by atoms with Crippen molar-refractivity contribution in [3.05, 3.63) is 35.1 Å². The lowest BCUT2D eigenvalue weighted by molar-refractivity contribution is 0.561. The molecule has 0 saturated carbocycles. The number of aryl methyl sites for hydroxylation is 1. The fourth-order valence-corrected chi connectivity index (χ4v) is 1.70. The fourth-order valence-electron chi connectivity index (χ4n) is 1.17. The third-order valence-electron chi connectivity index (χ3n) is 2.28. The predicted octanol–water partition coefficient (Wildman–Crippen LogP) is 3.27. The minimum atomic E-state index is -1.35. The summed E-state index contributed by atoms with van der Waals surface area (Å²) in [6.07, 6.45) is 2.19. The maximum absolute atomic E-state index is 13.5. The molecule has 0 N–H and O–H groups in total. The van der Waals surface area contributed by atoms with E-state index in [1.807, 2.05) is 27.7 Å². The van der Waals surface area contributed by atoms with Crippen molar-refractivity contribution in [2.24, 2.45) is 4.40 Å². The van der Waals surface area contributed by atoms with Gasteiger partial charge in [-0.2, -0.15) is 0 Å². The highest BCUT2D eigenvalue weighted by Crippen LogP contribution is 2.17. The van der Waals surface area contributed by atoms with Gasteiger partial charge in [0.1, 0.15) is 21.9 Å². The van der Waals surface area contributed by atoms with E-state index in [0.29, 0.717) is 5.56 Å². The zero-order valence-corrected chi connectivity index (χ0v) is 11.5. The van der Waals surface area contributed by atoms with Crippen molar-refractivity contribution in [3.63, 3.8) is 0 Å². The quantitative estimate of drug-likeness (QED) is 0.603. The van der Waals surface area contributed by atoms with Crippen molar-refractivity contribution in [2.45, 2.75) is 38.9 Å². The van der Waals surface area contributed by atoms with Gasteiger partial charge in [-0.3, -0.25) is 0 Å². The molecule has 2 nitrogen and oxygen atoms in total. The maximum Gasteiger partial charge on any atom is 0.144 e. The Hall–Kier alpha value is -0.870. The molecule has 4 heteroatoms. The second-order valence-corrected chi connectivity index (χ2v) is 6.74. The van der Waals surface area contributed by atoms with Crippen molar-refractivity contribution >= 4 is 17.6 Å². The third-order valence-corrected chi connectivity index (χ3v) is 3.62. The van der Waals surface area contributed by atoms with Gasteiger partial charge < -0.3 is 4.55 Å². The van der Waals surface area contributed by atoms with Gasteiger partial charge in [-0.05, 0) is 44.9 Å². The Morgan fingerprint density at radius 2 is 2.06 bits per heavy atom. The Morgan fingerprint density at radius 3 is 2.59 bits per heavy atom. The van der Waals surface area contributed by atoms with Crippen LogP contribution < -0.4 is 0 Å². The van der Waals surface area contributed by atoms with Crippen LogP contribution >= 0.6 is 0 Å². The van der Waals surface area contributed by atoms with Crippen LogP contribution in [0.3, 0.4) is 0 Å². The lowest BCUT2D eigenvalue weighted by atomic mass is 10.1. The van der Waals surface area contributed by atoms with Gasteiger partial charge in [-0.15, -0.1) is 0 Å². The first-order valence-corrected chi connectivity index (χ1v) is 6.69. The van der Waals surface area contributed by atoms with Gasteiger partial charge in [-0.1, -0.05) is 17.4 Å². The summed E-state index contributed by atoms with van der Waals surface area (Å²) in [4.78, 5) is 0. The third kappa shape index (κ3) is 4.13. The van der Waals surface area contributed by atoms with Crippen LogP contribution in [-0.4, -0.2) is 15.5 Å². The maximum atomic E-state index is 13.5. The molecule has 1 aromatic carbocycles. The average Bonchev–Trinajstić information content (AvgIpc) is 2.26. The average molecular weight is 255 g/mol. The highest BCUT2D eigenvalue weighted by atomic mass is 32.2. The molecule has 0 aromatic heterocycles. The Bertz CT molecular complexity index is 412. The van der Waals surface area contributed by atoms with Crippen molar-refractivity contribution in [3.8, 4) is 0 Å². The molecule has 0 spiro atoms. The van der Waals surface area contributed by atoms with Gasteiger partial charge >= 0.3 is 0 Å². The summed E-state index contributed by atoms with van der Waals surface area (Å²) in [6.45, 7) is 7.50. The van der Waals surface area contributed by atoms with Crippen LogP contribution in [0.1, 0.15) is 38.8 Å². The Kier molecular flexibility index (Phi) is 4.71. The molecule has 1 aromatic rings. The molecule has 0 unspecified atom stereocenters. The Balaban J connectivity index is 2.91. The minimum Gasteiger partial charge on any atom is -0.591 e. The zero-order chi connectivity index (χ0) is 13.1. The summed E-state index contributed by atoms with van der Waals surface area (Å²) < 4.78 is 28.6. The molecular formula is C13H18FNOS. The number of hydrogen-bond acceptors (Lipinski definition) is 2. The molecule has 0 aliphatic carbocycles. The molecule has 94 valence electrons. The molecule has 1 rings (SSSR count). The van der Waals surface area contributed by atoms with E-state index in [2.05, 4.69) is 4.40 Å². The summed E-state index contributed by atoms with van der Waals surface area (Å²) in [5.74, 6) is -0.336. The first-order valence-electron chi connectivity index (χ1n) is 5.59. The normalized spacial score (nSPS) is 14.2. The number of halogens is 1. The molecule has 0 radical (unpaired) electrons. The summed E-state index contributed by atoms with van der Waals surface area (Å²) in [5, 5.41) is 0. The number of hydrogen-bond donors (Lipinski definition) is 0. The summed E-state index contributed by atoms with van der Waals surface area (Å²) in [7, 11) is 0. The molecule has 0 aliphatic heterocycles.